The summed E-state index contributed by atoms with van der Waals surface area (Å²) in [5.41, 5.74) is 2.09. The molecule has 1 saturated heterocycles. The topological polar surface area (TPSA) is 40.5 Å². The van der Waals surface area contributed by atoms with Crippen LogP contribution >= 0.6 is 15.9 Å². The van der Waals surface area contributed by atoms with E-state index in [0.717, 1.165) is 18.8 Å². The third-order valence-corrected chi connectivity index (χ3v) is 5.69. The molecule has 0 bridgehead atoms. The van der Waals surface area contributed by atoms with Crippen molar-refractivity contribution in [3.8, 4) is 0 Å². The number of anilines is 1. The molecule has 1 saturated carbocycles. The average molecular weight is 338 g/mol. The van der Waals surface area contributed by atoms with Crippen LogP contribution in [0.25, 0.3) is 0 Å². The highest BCUT2D eigenvalue weighted by molar-refractivity contribution is 9.10. The summed E-state index contributed by atoms with van der Waals surface area (Å²) in [6.07, 6.45) is 8.18. The minimum Gasteiger partial charge on any atom is -0.478 e. The summed E-state index contributed by atoms with van der Waals surface area (Å²) >= 11 is 3.37. The van der Waals surface area contributed by atoms with E-state index in [1.807, 2.05) is 12.1 Å². The van der Waals surface area contributed by atoms with E-state index in [-0.39, 0.29) is 0 Å². The standard InChI is InChI=1S/C16H20BrNO2/c17-14-11-12(3-4-13(14)15(19)20)18-9-7-16(8-10-18)5-1-2-6-16/h3-4,11H,1-2,5-10H2,(H,19,20). The molecule has 20 heavy (non-hydrogen) atoms. The maximum Gasteiger partial charge on any atom is 0.336 e. The quantitative estimate of drug-likeness (QED) is 0.874. The van der Waals surface area contributed by atoms with Crippen LogP contribution in [-0.2, 0) is 0 Å². The maximum atomic E-state index is 11.0. The number of benzene rings is 1. The van der Waals surface area contributed by atoms with Crippen molar-refractivity contribution in [3.63, 3.8) is 0 Å². The van der Waals surface area contributed by atoms with Crippen molar-refractivity contribution >= 4 is 27.6 Å². The molecule has 0 atom stereocenters. The van der Waals surface area contributed by atoms with E-state index in [0.29, 0.717) is 15.5 Å². The number of piperidine rings is 1. The highest BCUT2D eigenvalue weighted by Crippen LogP contribution is 2.46. The molecule has 1 aliphatic heterocycles. The van der Waals surface area contributed by atoms with Crippen LogP contribution in [0.3, 0.4) is 0 Å². The van der Waals surface area contributed by atoms with Gasteiger partial charge in [-0.2, -0.15) is 0 Å². The first-order valence-electron chi connectivity index (χ1n) is 7.38. The SMILES string of the molecule is O=C(O)c1ccc(N2CCC3(CCCC3)CC2)cc1Br. The molecule has 1 aliphatic carbocycles. The Labute approximate surface area is 128 Å². The molecule has 108 valence electrons. The molecule has 1 spiro atoms. The van der Waals surface area contributed by atoms with Crippen molar-refractivity contribution in [3.05, 3.63) is 28.2 Å². The van der Waals surface area contributed by atoms with E-state index in [1.165, 1.54) is 38.5 Å². The van der Waals surface area contributed by atoms with Crippen LogP contribution in [0, 0.1) is 5.41 Å². The second kappa shape index (κ2) is 5.40. The Morgan fingerprint density at radius 3 is 2.35 bits per heavy atom. The smallest absolute Gasteiger partial charge is 0.336 e. The van der Waals surface area contributed by atoms with Gasteiger partial charge in [0.25, 0.3) is 0 Å². The van der Waals surface area contributed by atoms with Gasteiger partial charge in [0.1, 0.15) is 0 Å². The van der Waals surface area contributed by atoms with Crippen molar-refractivity contribution in [2.45, 2.75) is 38.5 Å². The van der Waals surface area contributed by atoms with Crippen LogP contribution in [0.2, 0.25) is 0 Å². The number of carbonyl (C=O) groups is 1. The van der Waals surface area contributed by atoms with Crippen molar-refractivity contribution in [2.75, 3.05) is 18.0 Å². The summed E-state index contributed by atoms with van der Waals surface area (Å²) in [5.74, 6) is -0.882. The zero-order valence-corrected chi connectivity index (χ0v) is 13.2. The molecule has 2 fully saturated rings. The molecular weight excluding hydrogens is 318 g/mol. The van der Waals surface area contributed by atoms with Gasteiger partial charge in [-0.3, -0.25) is 0 Å². The Hall–Kier alpha value is -1.03. The maximum absolute atomic E-state index is 11.0. The minimum atomic E-state index is -0.882. The van der Waals surface area contributed by atoms with Gasteiger partial charge in [0.2, 0.25) is 0 Å². The summed E-state index contributed by atoms with van der Waals surface area (Å²) in [7, 11) is 0. The molecule has 0 unspecified atom stereocenters. The first kappa shape index (κ1) is 13.9. The van der Waals surface area contributed by atoms with Crippen LogP contribution in [0.4, 0.5) is 5.69 Å². The predicted molar refractivity (Wildman–Crippen MR) is 83.4 cm³/mol. The van der Waals surface area contributed by atoms with Crippen LogP contribution in [-0.4, -0.2) is 24.2 Å². The number of hydrogen-bond donors (Lipinski definition) is 1. The number of hydrogen-bond acceptors (Lipinski definition) is 2. The van der Waals surface area contributed by atoms with E-state index in [4.69, 9.17) is 5.11 Å². The summed E-state index contributed by atoms with van der Waals surface area (Å²) in [6, 6.07) is 5.57. The first-order valence-corrected chi connectivity index (χ1v) is 8.17. The molecule has 3 rings (SSSR count). The summed E-state index contributed by atoms with van der Waals surface area (Å²) in [4.78, 5) is 13.4. The van der Waals surface area contributed by atoms with Crippen LogP contribution in [0.5, 0.6) is 0 Å². The van der Waals surface area contributed by atoms with Gasteiger partial charge in [-0.05, 0) is 65.2 Å². The normalized spacial score (nSPS) is 21.4. The molecule has 2 aliphatic rings. The highest BCUT2D eigenvalue weighted by atomic mass is 79.9. The molecule has 1 heterocycles. The van der Waals surface area contributed by atoms with Gasteiger partial charge in [-0.15, -0.1) is 0 Å². The number of rotatable bonds is 2. The van der Waals surface area contributed by atoms with E-state index in [1.54, 1.807) is 6.07 Å². The van der Waals surface area contributed by atoms with Crippen molar-refractivity contribution in [2.24, 2.45) is 5.41 Å². The van der Waals surface area contributed by atoms with Crippen molar-refractivity contribution < 1.29 is 9.90 Å². The second-order valence-electron chi connectivity index (χ2n) is 6.16. The summed E-state index contributed by atoms with van der Waals surface area (Å²) < 4.78 is 0.670. The van der Waals surface area contributed by atoms with Gasteiger partial charge in [0, 0.05) is 23.2 Å². The number of halogens is 1. The van der Waals surface area contributed by atoms with Crippen molar-refractivity contribution in [1.82, 2.24) is 0 Å². The lowest BCUT2D eigenvalue weighted by molar-refractivity contribution is 0.0696. The lowest BCUT2D eigenvalue weighted by Crippen LogP contribution is -2.38. The van der Waals surface area contributed by atoms with E-state index in [9.17, 15) is 4.79 Å². The largest absolute Gasteiger partial charge is 0.478 e. The lowest BCUT2D eigenvalue weighted by atomic mass is 9.77. The molecule has 1 N–H and O–H groups in total. The van der Waals surface area contributed by atoms with Crippen LogP contribution in [0.1, 0.15) is 48.9 Å². The Bertz CT molecular complexity index is 513. The molecule has 0 amide bonds. The number of nitrogens with zero attached hydrogens (tertiary/aromatic N) is 1. The Balaban J connectivity index is 1.72. The monoisotopic (exact) mass is 337 g/mol. The Morgan fingerprint density at radius 1 is 1.15 bits per heavy atom. The van der Waals surface area contributed by atoms with Gasteiger partial charge in [0.05, 0.1) is 5.56 Å². The number of aromatic carboxylic acids is 1. The van der Waals surface area contributed by atoms with Gasteiger partial charge >= 0.3 is 5.97 Å². The Kier molecular flexibility index (Phi) is 3.76. The predicted octanol–water partition coefficient (Wildman–Crippen LogP) is 4.31. The van der Waals surface area contributed by atoms with E-state index >= 15 is 0 Å². The van der Waals surface area contributed by atoms with Gasteiger partial charge in [-0.25, -0.2) is 4.79 Å². The van der Waals surface area contributed by atoms with E-state index in [2.05, 4.69) is 20.8 Å². The van der Waals surface area contributed by atoms with Crippen LogP contribution in [0.15, 0.2) is 22.7 Å². The molecule has 1 aromatic carbocycles. The third kappa shape index (κ3) is 2.58. The molecule has 3 nitrogen and oxygen atoms in total. The lowest BCUT2D eigenvalue weighted by Gasteiger charge is -2.40. The fourth-order valence-electron chi connectivity index (χ4n) is 3.74. The number of carboxylic acid groups (broad SMARTS) is 1. The fourth-order valence-corrected chi connectivity index (χ4v) is 4.27. The zero-order valence-electron chi connectivity index (χ0n) is 11.6. The molecule has 1 aromatic rings. The first-order chi connectivity index (χ1) is 9.60. The minimum absolute atomic E-state index is 0.332. The second-order valence-corrected chi connectivity index (χ2v) is 7.02. The average Bonchev–Trinajstić information content (AvgIpc) is 2.87. The van der Waals surface area contributed by atoms with Crippen LogP contribution < -0.4 is 4.90 Å². The molecule has 0 aromatic heterocycles. The Morgan fingerprint density at radius 2 is 1.80 bits per heavy atom. The summed E-state index contributed by atoms with van der Waals surface area (Å²) in [5, 5.41) is 9.06. The van der Waals surface area contributed by atoms with Gasteiger partial charge in [-0.1, -0.05) is 12.8 Å². The van der Waals surface area contributed by atoms with Gasteiger partial charge in [0.15, 0.2) is 0 Å². The molecule has 4 heteroatoms. The van der Waals surface area contributed by atoms with E-state index < -0.39 is 5.97 Å². The molecular formula is C16H20BrNO2. The van der Waals surface area contributed by atoms with Gasteiger partial charge < -0.3 is 10.0 Å². The van der Waals surface area contributed by atoms with Crippen molar-refractivity contribution in [1.29, 1.82) is 0 Å². The summed E-state index contributed by atoms with van der Waals surface area (Å²) in [6.45, 7) is 2.19. The highest BCUT2D eigenvalue weighted by Gasteiger charge is 2.36. The number of carboxylic acids is 1. The molecule has 0 radical (unpaired) electrons. The third-order valence-electron chi connectivity index (χ3n) is 5.04. The fraction of sp³-hybridized carbons (Fsp3) is 0.562. The zero-order chi connectivity index (χ0) is 14.2.